The van der Waals surface area contributed by atoms with Crippen LogP contribution in [0.1, 0.15) is 36.9 Å². The van der Waals surface area contributed by atoms with Gasteiger partial charge in [-0.1, -0.05) is 6.58 Å². The quantitative estimate of drug-likeness (QED) is 0.694. The minimum Gasteiger partial charge on any atom is -0.459 e. The van der Waals surface area contributed by atoms with Gasteiger partial charge in [-0.05, 0) is 37.5 Å². The number of rotatable bonds is 2. The summed E-state index contributed by atoms with van der Waals surface area (Å²) in [6.07, 6.45) is 5.36. The summed E-state index contributed by atoms with van der Waals surface area (Å²) < 4.78 is 11.1. The van der Waals surface area contributed by atoms with Gasteiger partial charge in [0.25, 0.3) is 0 Å². The molecule has 0 amide bonds. The van der Waals surface area contributed by atoms with Crippen molar-refractivity contribution in [2.24, 2.45) is 0 Å². The Kier molecular flexibility index (Phi) is 2.50. The van der Waals surface area contributed by atoms with E-state index in [9.17, 15) is 0 Å². The Hall–Kier alpha value is -1.02. The van der Waals surface area contributed by atoms with Gasteiger partial charge in [0.15, 0.2) is 0 Å². The molecule has 1 aliphatic rings. The van der Waals surface area contributed by atoms with Gasteiger partial charge in [-0.25, -0.2) is 0 Å². The highest BCUT2D eigenvalue weighted by Gasteiger charge is 2.18. The van der Waals surface area contributed by atoms with Crippen molar-refractivity contribution in [1.29, 1.82) is 0 Å². The van der Waals surface area contributed by atoms with Gasteiger partial charge in [0.05, 0.1) is 0 Å². The van der Waals surface area contributed by atoms with Crippen molar-refractivity contribution in [2.45, 2.75) is 25.4 Å². The molecule has 1 aliphatic heterocycles. The van der Waals surface area contributed by atoms with Crippen molar-refractivity contribution < 1.29 is 9.15 Å². The van der Waals surface area contributed by atoms with Crippen molar-refractivity contribution in [3.8, 4) is 0 Å². The van der Waals surface area contributed by atoms with Crippen molar-refractivity contribution in [3.63, 3.8) is 0 Å². The van der Waals surface area contributed by atoms with E-state index in [1.165, 1.54) is 12.8 Å². The second-order valence-electron chi connectivity index (χ2n) is 3.30. The summed E-state index contributed by atoms with van der Waals surface area (Å²) in [5.41, 5.74) is 0. The van der Waals surface area contributed by atoms with Gasteiger partial charge >= 0.3 is 0 Å². The lowest BCUT2D eigenvalue weighted by Gasteiger charge is -2.20. The first-order valence-corrected chi connectivity index (χ1v) is 4.74. The lowest BCUT2D eigenvalue weighted by molar-refractivity contribution is 0.00174. The van der Waals surface area contributed by atoms with E-state index in [-0.39, 0.29) is 6.10 Å². The molecule has 0 N–H and O–H groups in total. The molecule has 0 aromatic carbocycles. The molecule has 1 fully saturated rings. The molecule has 13 heavy (non-hydrogen) atoms. The number of ether oxygens (including phenoxy) is 1. The van der Waals surface area contributed by atoms with Crippen LogP contribution in [0.3, 0.4) is 0 Å². The molecule has 0 saturated carbocycles. The average Bonchev–Trinajstić information content (AvgIpc) is 2.67. The molecule has 0 spiro atoms. The zero-order chi connectivity index (χ0) is 9.10. The Morgan fingerprint density at radius 1 is 1.38 bits per heavy atom. The first kappa shape index (κ1) is 8.57. The van der Waals surface area contributed by atoms with Gasteiger partial charge in [-0.15, -0.1) is 0 Å². The highest BCUT2D eigenvalue weighted by Crippen LogP contribution is 2.29. The molecule has 1 unspecified atom stereocenters. The van der Waals surface area contributed by atoms with Crippen LogP contribution in [0.25, 0.3) is 6.08 Å². The molecule has 0 radical (unpaired) electrons. The summed E-state index contributed by atoms with van der Waals surface area (Å²) in [6, 6.07) is 3.91. The van der Waals surface area contributed by atoms with E-state index >= 15 is 0 Å². The molecular weight excluding hydrogens is 164 g/mol. The van der Waals surface area contributed by atoms with Gasteiger partial charge < -0.3 is 9.15 Å². The monoisotopic (exact) mass is 178 g/mol. The van der Waals surface area contributed by atoms with Crippen LogP contribution >= 0.6 is 0 Å². The van der Waals surface area contributed by atoms with Gasteiger partial charge in [-0.2, -0.15) is 0 Å². The SMILES string of the molecule is C=Cc1ccc(C2CCCCO2)o1. The van der Waals surface area contributed by atoms with E-state index in [1.54, 1.807) is 6.08 Å². The molecule has 1 aromatic rings. The molecule has 1 aromatic heterocycles. The Morgan fingerprint density at radius 2 is 2.31 bits per heavy atom. The largest absolute Gasteiger partial charge is 0.459 e. The first-order valence-electron chi connectivity index (χ1n) is 4.74. The van der Waals surface area contributed by atoms with E-state index in [1.807, 2.05) is 12.1 Å². The Bertz CT molecular complexity index is 282. The van der Waals surface area contributed by atoms with Crippen LogP contribution in [-0.2, 0) is 4.74 Å². The van der Waals surface area contributed by atoms with Crippen LogP contribution in [0.5, 0.6) is 0 Å². The van der Waals surface area contributed by atoms with Gasteiger partial charge in [0, 0.05) is 6.61 Å². The summed E-state index contributed by atoms with van der Waals surface area (Å²) in [6.45, 7) is 4.51. The van der Waals surface area contributed by atoms with E-state index in [0.717, 1.165) is 24.5 Å². The standard InChI is InChI=1S/C11H14O2/c1-2-9-6-7-11(13-9)10-5-3-4-8-12-10/h2,6-7,10H,1,3-5,8H2. The van der Waals surface area contributed by atoms with E-state index in [4.69, 9.17) is 9.15 Å². The predicted octanol–water partition coefficient (Wildman–Crippen LogP) is 3.16. The van der Waals surface area contributed by atoms with Crippen LogP contribution < -0.4 is 0 Å². The van der Waals surface area contributed by atoms with Crippen LogP contribution in [0, 0.1) is 0 Å². The molecular formula is C11H14O2. The topological polar surface area (TPSA) is 22.4 Å². The summed E-state index contributed by atoms with van der Waals surface area (Å²) >= 11 is 0. The third-order valence-electron chi connectivity index (χ3n) is 2.35. The van der Waals surface area contributed by atoms with Crippen molar-refractivity contribution in [1.82, 2.24) is 0 Å². The fraction of sp³-hybridized carbons (Fsp3) is 0.455. The number of hydrogen-bond acceptors (Lipinski definition) is 2. The summed E-state index contributed by atoms with van der Waals surface area (Å²) in [5.74, 6) is 1.76. The maximum atomic E-state index is 5.59. The lowest BCUT2D eigenvalue weighted by Crippen LogP contribution is -2.10. The van der Waals surface area contributed by atoms with Crippen molar-refractivity contribution in [2.75, 3.05) is 6.61 Å². The zero-order valence-corrected chi connectivity index (χ0v) is 7.66. The predicted molar refractivity (Wildman–Crippen MR) is 51.3 cm³/mol. The van der Waals surface area contributed by atoms with Crippen LogP contribution in [0.4, 0.5) is 0 Å². The van der Waals surface area contributed by atoms with Gasteiger partial charge in [0.2, 0.25) is 0 Å². The third kappa shape index (κ3) is 1.83. The number of furan rings is 1. The summed E-state index contributed by atoms with van der Waals surface area (Å²) in [5, 5.41) is 0. The number of hydrogen-bond donors (Lipinski definition) is 0. The van der Waals surface area contributed by atoms with E-state index < -0.39 is 0 Å². The molecule has 1 atom stereocenters. The van der Waals surface area contributed by atoms with Crippen LogP contribution in [0.15, 0.2) is 23.1 Å². The smallest absolute Gasteiger partial charge is 0.133 e. The molecule has 2 heterocycles. The van der Waals surface area contributed by atoms with E-state index in [0.29, 0.717) is 0 Å². The van der Waals surface area contributed by atoms with E-state index in [2.05, 4.69) is 6.58 Å². The minimum absolute atomic E-state index is 0.169. The maximum Gasteiger partial charge on any atom is 0.133 e. The lowest BCUT2D eigenvalue weighted by atomic mass is 10.1. The highest BCUT2D eigenvalue weighted by atomic mass is 16.5. The Balaban J connectivity index is 2.09. The fourth-order valence-electron chi connectivity index (χ4n) is 1.62. The average molecular weight is 178 g/mol. The Labute approximate surface area is 78.2 Å². The molecule has 2 rings (SSSR count). The molecule has 2 nitrogen and oxygen atoms in total. The normalized spacial score (nSPS) is 22.9. The van der Waals surface area contributed by atoms with Crippen molar-refractivity contribution in [3.05, 3.63) is 30.2 Å². The second-order valence-corrected chi connectivity index (χ2v) is 3.30. The van der Waals surface area contributed by atoms with Crippen LogP contribution in [-0.4, -0.2) is 6.61 Å². The van der Waals surface area contributed by atoms with Gasteiger partial charge in [-0.3, -0.25) is 0 Å². The third-order valence-corrected chi connectivity index (χ3v) is 2.35. The fourth-order valence-corrected chi connectivity index (χ4v) is 1.62. The Morgan fingerprint density at radius 3 is 2.92 bits per heavy atom. The zero-order valence-electron chi connectivity index (χ0n) is 7.66. The maximum absolute atomic E-state index is 5.59. The highest BCUT2D eigenvalue weighted by molar-refractivity contribution is 5.39. The molecule has 0 aliphatic carbocycles. The minimum atomic E-state index is 0.169. The summed E-state index contributed by atoms with van der Waals surface area (Å²) in [4.78, 5) is 0. The van der Waals surface area contributed by atoms with Crippen LogP contribution in [0.2, 0.25) is 0 Å². The van der Waals surface area contributed by atoms with Crippen molar-refractivity contribution >= 4 is 6.08 Å². The first-order chi connectivity index (χ1) is 6.40. The summed E-state index contributed by atoms with van der Waals surface area (Å²) in [7, 11) is 0. The molecule has 0 bridgehead atoms. The second kappa shape index (κ2) is 3.79. The molecule has 70 valence electrons. The van der Waals surface area contributed by atoms with Gasteiger partial charge in [0.1, 0.15) is 17.6 Å². The molecule has 1 saturated heterocycles. The molecule has 2 heteroatoms.